The largest absolute Gasteiger partial charge is 0.310 e. The van der Waals surface area contributed by atoms with Crippen molar-refractivity contribution in [3.63, 3.8) is 0 Å². The van der Waals surface area contributed by atoms with Crippen molar-refractivity contribution in [1.82, 2.24) is 5.32 Å². The Morgan fingerprint density at radius 1 is 1.39 bits per heavy atom. The van der Waals surface area contributed by atoms with Gasteiger partial charge in [-0.05, 0) is 59.3 Å². The van der Waals surface area contributed by atoms with Gasteiger partial charge in [-0.15, -0.1) is 0 Å². The molecule has 4 heteroatoms. The van der Waals surface area contributed by atoms with E-state index in [0.29, 0.717) is 17.4 Å². The minimum absolute atomic E-state index is 0.0671. The highest BCUT2D eigenvalue weighted by atomic mass is 79.9. The van der Waals surface area contributed by atoms with Crippen LogP contribution in [-0.4, -0.2) is 6.54 Å². The van der Waals surface area contributed by atoms with E-state index in [4.69, 9.17) is 0 Å². The van der Waals surface area contributed by atoms with Crippen LogP contribution in [0.25, 0.3) is 0 Å². The van der Waals surface area contributed by atoms with Gasteiger partial charge in [-0.2, -0.15) is 0 Å². The Kier molecular flexibility index (Phi) is 4.38. The third-order valence-corrected chi connectivity index (χ3v) is 4.20. The molecule has 3 unspecified atom stereocenters. The van der Waals surface area contributed by atoms with E-state index in [2.05, 4.69) is 35.1 Å². The lowest BCUT2D eigenvalue weighted by Crippen LogP contribution is -2.25. The van der Waals surface area contributed by atoms with Crippen LogP contribution in [0.2, 0.25) is 0 Å². The van der Waals surface area contributed by atoms with Crippen LogP contribution < -0.4 is 5.32 Å². The first-order valence-electron chi connectivity index (χ1n) is 6.42. The summed E-state index contributed by atoms with van der Waals surface area (Å²) in [4.78, 5) is 0. The van der Waals surface area contributed by atoms with Gasteiger partial charge in [0, 0.05) is 11.6 Å². The Labute approximate surface area is 115 Å². The van der Waals surface area contributed by atoms with E-state index >= 15 is 0 Å². The molecule has 0 bridgehead atoms. The lowest BCUT2D eigenvalue weighted by molar-refractivity contribution is 0.438. The molecular weight excluding hydrogens is 300 g/mol. The van der Waals surface area contributed by atoms with Gasteiger partial charge in [-0.3, -0.25) is 0 Å². The van der Waals surface area contributed by atoms with E-state index in [1.807, 2.05) is 0 Å². The second-order valence-electron chi connectivity index (χ2n) is 5.10. The van der Waals surface area contributed by atoms with Crippen LogP contribution in [0.4, 0.5) is 8.78 Å². The van der Waals surface area contributed by atoms with Crippen molar-refractivity contribution < 1.29 is 8.78 Å². The van der Waals surface area contributed by atoms with E-state index < -0.39 is 5.82 Å². The van der Waals surface area contributed by atoms with E-state index in [0.717, 1.165) is 19.4 Å². The fraction of sp³-hybridized carbons (Fsp3) is 0.571. The molecule has 0 radical (unpaired) electrons. The van der Waals surface area contributed by atoms with Gasteiger partial charge >= 0.3 is 0 Å². The number of halogens is 3. The molecule has 1 N–H and O–H groups in total. The van der Waals surface area contributed by atoms with Crippen LogP contribution in [0, 0.1) is 23.5 Å². The van der Waals surface area contributed by atoms with E-state index in [-0.39, 0.29) is 16.3 Å². The highest BCUT2D eigenvalue weighted by Gasteiger charge is 2.41. The number of hydrogen-bond donors (Lipinski definition) is 1. The third kappa shape index (κ3) is 2.91. The van der Waals surface area contributed by atoms with Crippen molar-refractivity contribution in [3.05, 3.63) is 33.8 Å². The van der Waals surface area contributed by atoms with Crippen LogP contribution in [-0.2, 0) is 0 Å². The average Bonchev–Trinajstić information content (AvgIpc) is 3.03. The van der Waals surface area contributed by atoms with E-state index in [1.165, 1.54) is 12.1 Å². The Bertz CT molecular complexity index is 436. The van der Waals surface area contributed by atoms with Crippen LogP contribution in [0.15, 0.2) is 16.6 Å². The van der Waals surface area contributed by atoms with Crippen molar-refractivity contribution in [2.24, 2.45) is 11.8 Å². The molecule has 0 aromatic heterocycles. The van der Waals surface area contributed by atoms with Crippen molar-refractivity contribution in [2.45, 2.75) is 32.7 Å². The number of nitrogens with one attached hydrogen (secondary N) is 1. The molecule has 1 aromatic rings. The van der Waals surface area contributed by atoms with E-state index in [1.54, 1.807) is 0 Å². The summed E-state index contributed by atoms with van der Waals surface area (Å²) in [5.41, 5.74) is 0.457. The quantitative estimate of drug-likeness (QED) is 0.792. The summed E-state index contributed by atoms with van der Waals surface area (Å²) in [6.45, 7) is 5.04. The fourth-order valence-electron chi connectivity index (χ4n) is 2.38. The SMILES string of the molecule is CCCNC(c1cc(F)c(Br)cc1F)C1CC1C. The molecule has 0 aliphatic heterocycles. The van der Waals surface area contributed by atoms with Gasteiger partial charge in [-0.25, -0.2) is 8.78 Å². The Balaban J connectivity index is 2.27. The zero-order chi connectivity index (χ0) is 13.3. The summed E-state index contributed by atoms with van der Waals surface area (Å²) < 4.78 is 27.7. The molecule has 0 saturated heterocycles. The van der Waals surface area contributed by atoms with Gasteiger partial charge in [0.25, 0.3) is 0 Å². The standard InChI is InChI=1S/C14H18BrF2N/c1-3-4-18-14(9-5-8(9)2)10-6-13(17)11(15)7-12(10)16/h6-9,14,18H,3-5H2,1-2H3. The van der Waals surface area contributed by atoms with E-state index in [9.17, 15) is 8.78 Å². The third-order valence-electron chi connectivity index (χ3n) is 3.59. The predicted octanol–water partition coefficient (Wildman–Crippen LogP) is 4.42. The van der Waals surface area contributed by atoms with Crippen LogP contribution >= 0.6 is 15.9 Å². The minimum Gasteiger partial charge on any atom is -0.310 e. The van der Waals surface area contributed by atoms with Crippen molar-refractivity contribution >= 4 is 15.9 Å². The highest BCUT2D eigenvalue weighted by Crippen LogP contribution is 2.47. The molecule has 100 valence electrons. The highest BCUT2D eigenvalue weighted by molar-refractivity contribution is 9.10. The molecule has 1 nitrogen and oxygen atoms in total. The van der Waals surface area contributed by atoms with Gasteiger partial charge < -0.3 is 5.32 Å². The van der Waals surface area contributed by atoms with Crippen molar-refractivity contribution in [3.8, 4) is 0 Å². The average molecular weight is 318 g/mol. The Morgan fingerprint density at radius 2 is 2.06 bits per heavy atom. The molecule has 1 aromatic carbocycles. The Hall–Kier alpha value is -0.480. The summed E-state index contributed by atoms with van der Waals surface area (Å²) in [7, 11) is 0. The maximum atomic E-state index is 14.0. The molecule has 2 rings (SSSR count). The lowest BCUT2D eigenvalue weighted by Gasteiger charge is -2.20. The molecule has 0 spiro atoms. The smallest absolute Gasteiger partial charge is 0.137 e. The zero-order valence-electron chi connectivity index (χ0n) is 10.6. The first kappa shape index (κ1) is 13.9. The first-order valence-corrected chi connectivity index (χ1v) is 7.21. The number of benzene rings is 1. The van der Waals surface area contributed by atoms with Crippen molar-refractivity contribution in [2.75, 3.05) is 6.54 Å². The molecular formula is C14H18BrF2N. The van der Waals surface area contributed by atoms with Crippen LogP contribution in [0.5, 0.6) is 0 Å². The zero-order valence-corrected chi connectivity index (χ0v) is 12.2. The molecule has 3 atom stereocenters. The Morgan fingerprint density at radius 3 is 2.61 bits per heavy atom. The van der Waals surface area contributed by atoms with Crippen molar-refractivity contribution in [1.29, 1.82) is 0 Å². The minimum atomic E-state index is -0.400. The van der Waals surface area contributed by atoms with Gasteiger partial charge in [-0.1, -0.05) is 13.8 Å². The first-order chi connectivity index (χ1) is 8.54. The second-order valence-corrected chi connectivity index (χ2v) is 5.95. The topological polar surface area (TPSA) is 12.0 Å². The van der Waals surface area contributed by atoms with Crippen LogP contribution in [0.1, 0.15) is 38.3 Å². The van der Waals surface area contributed by atoms with Gasteiger partial charge in [0.15, 0.2) is 0 Å². The number of hydrogen-bond acceptors (Lipinski definition) is 1. The molecule has 1 saturated carbocycles. The summed E-state index contributed by atoms with van der Waals surface area (Å²) in [5, 5.41) is 3.34. The monoisotopic (exact) mass is 317 g/mol. The van der Waals surface area contributed by atoms with Gasteiger partial charge in [0.05, 0.1) is 4.47 Å². The van der Waals surface area contributed by atoms with Gasteiger partial charge in [0.1, 0.15) is 11.6 Å². The molecule has 1 aliphatic carbocycles. The molecule has 0 heterocycles. The summed E-state index contributed by atoms with van der Waals surface area (Å²) in [5.74, 6) is 0.274. The molecule has 18 heavy (non-hydrogen) atoms. The maximum absolute atomic E-state index is 14.0. The summed E-state index contributed by atoms with van der Waals surface area (Å²) in [6, 6.07) is 2.47. The van der Waals surface area contributed by atoms with Crippen LogP contribution in [0.3, 0.4) is 0 Å². The molecule has 1 aliphatic rings. The molecule has 1 fully saturated rings. The summed E-state index contributed by atoms with van der Waals surface area (Å²) in [6.07, 6.45) is 2.07. The van der Waals surface area contributed by atoms with Gasteiger partial charge in [0.2, 0.25) is 0 Å². The summed E-state index contributed by atoms with van der Waals surface area (Å²) >= 11 is 3.01. The molecule has 0 amide bonds. The normalized spacial score (nSPS) is 24.1. The predicted molar refractivity (Wildman–Crippen MR) is 72.4 cm³/mol. The lowest BCUT2D eigenvalue weighted by atomic mass is 10.00. The number of rotatable bonds is 5. The second kappa shape index (κ2) is 5.66. The fourth-order valence-corrected chi connectivity index (χ4v) is 2.70. The maximum Gasteiger partial charge on any atom is 0.137 e.